The highest BCUT2D eigenvalue weighted by Gasteiger charge is 2.10. The number of benzene rings is 1. The van der Waals surface area contributed by atoms with E-state index in [9.17, 15) is 0 Å². The second-order valence-electron chi connectivity index (χ2n) is 4.34. The lowest BCUT2D eigenvalue weighted by Gasteiger charge is -2.04. The van der Waals surface area contributed by atoms with E-state index in [0.717, 1.165) is 34.6 Å². The highest BCUT2D eigenvalue weighted by atomic mass is 32.1. The lowest BCUT2D eigenvalue weighted by molar-refractivity contribution is 0.694. The Balaban J connectivity index is 1.87. The second kappa shape index (κ2) is 5.36. The molecular weight excluding hydrogens is 258 g/mol. The minimum absolute atomic E-state index is 0.649. The molecule has 0 bridgehead atoms. The first-order chi connectivity index (χ1) is 9.38. The Labute approximate surface area is 115 Å². The summed E-state index contributed by atoms with van der Waals surface area (Å²) < 4.78 is 5.99. The average Bonchev–Trinajstić information content (AvgIpc) is 3.05. The highest BCUT2D eigenvalue weighted by molar-refractivity contribution is 7.10. The molecule has 0 saturated heterocycles. The van der Waals surface area contributed by atoms with E-state index in [1.807, 2.05) is 23.0 Å². The molecule has 98 valence electrons. The molecule has 0 radical (unpaired) electrons. The molecule has 0 saturated carbocycles. The second-order valence-corrected chi connectivity index (χ2v) is 5.09. The summed E-state index contributed by atoms with van der Waals surface area (Å²) in [4.78, 5) is 0. The van der Waals surface area contributed by atoms with E-state index in [0.29, 0.717) is 6.54 Å². The average molecular weight is 273 g/mol. The molecule has 1 N–H and O–H groups in total. The molecular formula is C13H15N5S. The van der Waals surface area contributed by atoms with Crippen LogP contribution in [0.15, 0.2) is 30.5 Å². The highest BCUT2D eigenvalue weighted by Crippen LogP contribution is 2.20. The van der Waals surface area contributed by atoms with Crippen LogP contribution in [0.25, 0.3) is 10.9 Å². The monoisotopic (exact) mass is 273 g/mol. The smallest absolute Gasteiger partial charge is 0.135 e. The van der Waals surface area contributed by atoms with Crippen LogP contribution < -0.4 is 5.32 Å². The molecule has 2 aromatic heterocycles. The molecule has 0 fully saturated rings. The van der Waals surface area contributed by atoms with Crippen molar-refractivity contribution in [1.29, 1.82) is 0 Å². The quantitative estimate of drug-likeness (QED) is 0.776. The van der Waals surface area contributed by atoms with E-state index in [1.54, 1.807) is 0 Å². The van der Waals surface area contributed by atoms with Gasteiger partial charge in [0.05, 0.1) is 18.3 Å². The fraction of sp³-hybridized carbons (Fsp3) is 0.308. The summed E-state index contributed by atoms with van der Waals surface area (Å²) in [7, 11) is 0. The van der Waals surface area contributed by atoms with Crippen LogP contribution in [-0.2, 0) is 6.54 Å². The van der Waals surface area contributed by atoms with Gasteiger partial charge in [0.1, 0.15) is 10.7 Å². The Kier molecular flexibility index (Phi) is 3.41. The molecule has 19 heavy (non-hydrogen) atoms. The number of nitrogens with zero attached hydrogens (tertiary/aromatic N) is 4. The summed E-state index contributed by atoms with van der Waals surface area (Å²) in [6.07, 6.45) is 2.97. The SMILES string of the molecule is CCCNc1snnc1Cn1ncc2ccccc21. The largest absolute Gasteiger partial charge is 0.374 e. The Morgan fingerprint density at radius 2 is 2.21 bits per heavy atom. The van der Waals surface area contributed by atoms with Gasteiger partial charge in [-0.1, -0.05) is 29.6 Å². The van der Waals surface area contributed by atoms with Crippen LogP contribution in [-0.4, -0.2) is 25.9 Å². The van der Waals surface area contributed by atoms with Crippen LogP contribution in [0, 0.1) is 0 Å². The lowest BCUT2D eigenvalue weighted by Crippen LogP contribution is -2.06. The van der Waals surface area contributed by atoms with Crippen LogP contribution in [0.1, 0.15) is 19.0 Å². The predicted octanol–water partition coefficient (Wildman–Crippen LogP) is 2.76. The van der Waals surface area contributed by atoms with Crippen molar-refractivity contribution in [1.82, 2.24) is 19.4 Å². The zero-order valence-corrected chi connectivity index (χ0v) is 11.5. The zero-order valence-electron chi connectivity index (χ0n) is 10.7. The van der Waals surface area contributed by atoms with Crippen molar-refractivity contribution in [3.05, 3.63) is 36.2 Å². The van der Waals surface area contributed by atoms with Gasteiger partial charge in [-0.2, -0.15) is 5.10 Å². The minimum atomic E-state index is 0.649. The molecule has 1 aromatic carbocycles. The first-order valence-electron chi connectivity index (χ1n) is 6.34. The van der Waals surface area contributed by atoms with Crippen LogP contribution >= 0.6 is 11.5 Å². The summed E-state index contributed by atoms with van der Waals surface area (Å²) in [5.41, 5.74) is 2.07. The summed E-state index contributed by atoms with van der Waals surface area (Å²) in [5, 5.41) is 14.2. The van der Waals surface area contributed by atoms with Gasteiger partial charge in [0.2, 0.25) is 0 Å². The summed E-state index contributed by atoms with van der Waals surface area (Å²) >= 11 is 1.40. The van der Waals surface area contributed by atoms with Gasteiger partial charge in [0.25, 0.3) is 0 Å². The first kappa shape index (κ1) is 12.1. The third-order valence-corrected chi connectivity index (χ3v) is 3.67. The number of nitrogens with one attached hydrogen (secondary N) is 1. The molecule has 3 aromatic rings. The Hall–Kier alpha value is -1.95. The molecule has 0 aliphatic rings. The van der Waals surface area contributed by atoms with Gasteiger partial charge in [0, 0.05) is 23.5 Å². The van der Waals surface area contributed by atoms with Crippen LogP contribution in [0.4, 0.5) is 5.00 Å². The first-order valence-corrected chi connectivity index (χ1v) is 7.11. The standard InChI is InChI=1S/C13H15N5S/c1-2-7-14-13-11(16-17-19-13)9-18-12-6-4-3-5-10(12)8-15-18/h3-6,8,14H,2,7,9H2,1H3. The molecule has 0 aliphatic carbocycles. The number of hydrogen-bond donors (Lipinski definition) is 1. The molecule has 0 atom stereocenters. The predicted molar refractivity (Wildman–Crippen MR) is 77.5 cm³/mol. The number of aromatic nitrogens is 4. The summed E-state index contributed by atoms with van der Waals surface area (Å²) in [5.74, 6) is 0. The summed E-state index contributed by atoms with van der Waals surface area (Å²) in [6, 6.07) is 8.18. The van der Waals surface area contributed by atoms with Gasteiger partial charge < -0.3 is 5.32 Å². The molecule has 0 amide bonds. The van der Waals surface area contributed by atoms with Gasteiger partial charge >= 0.3 is 0 Å². The normalized spacial score (nSPS) is 11.0. The van der Waals surface area contributed by atoms with E-state index in [4.69, 9.17) is 0 Å². The Bertz CT molecular complexity index is 672. The van der Waals surface area contributed by atoms with Crippen molar-refractivity contribution in [3.8, 4) is 0 Å². The summed E-state index contributed by atoms with van der Waals surface area (Å²) in [6.45, 7) is 3.73. The van der Waals surface area contributed by atoms with Crippen molar-refractivity contribution in [2.45, 2.75) is 19.9 Å². The van der Waals surface area contributed by atoms with Crippen molar-refractivity contribution < 1.29 is 0 Å². The minimum Gasteiger partial charge on any atom is -0.374 e. The van der Waals surface area contributed by atoms with Gasteiger partial charge in [-0.05, 0) is 12.5 Å². The van der Waals surface area contributed by atoms with Crippen LogP contribution in [0.2, 0.25) is 0 Å². The number of anilines is 1. The molecule has 0 unspecified atom stereocenters. The fourth-order valence-electron chi connectivity index (χ4n) is 1.98. The maximum Gasteiger partial charge on any atom is 0.135 e. The fourth-order valence-corrected chi connectivity index (χ4v) is 2.58. The number of para-hydroxylation sites is 1. The van der Waals surface area contributed by atoms with E-state index >= 15 is 0 Å². The van der Waals surface area contributed by atoms with Gasteiger partial charge in [0.15, 0.2) is 0 Å². The third-order valence-electron chi connectivity index (χ3n) is 2.94. The van der Waals surface area contributed by atoms with E-state index in [2.05, 4.69) is 39.1 Å². The third kappa shape index (κ3) is 2.44. The van der Waals surface area contributed by atoms with Crippen LogP contribution in [0.5, 0.6) is 0 Å². The van der Waals surface area contributed by atoms with Crippen molar-refractivity contribution in [2.24, 2.45) is 0 Å². The van der Waals surface area contributed by atoms with Crippen molar-refractivity contribution in [3.63, 3.8) is 0 Å². The maximum atomic E-state index is 4.42. The zero-order chi connectivity index (χ0) is 13.1. The molecule has 5 nitrogen and oxygen atoms in total. The van der Waals surface area contributed by atoms with Gasteiger partial charge in [-0.3, -0.25) is 4.68 Å². The maximum absolute atomic E-state index is 4.42. The lowest BCUT2D eigenvalue weighted by atomic mass is 10.2. The molecule has 0 spiro atoms. The topological polar surface area (TPSA) is 55.6 Å². The molecule has 6 heteroatoms. The number of rotatable bonds is 5. The van der Waals surface area contributed by atoms with E-state index in [1.165, 1.54) is 11.5 Å². The Morgan fingerprint density at radius 3 is 3.11 bits per heavy atom. The van der Waals surface area contributed by atoms with Crippen LogP contribution in [0.3, 0.4) is 0 Å². The van der Waals surface area contributed by atoms with Gasteiger partial charge in [-0.15, -0.1) is 5.10 Å². The number of fused-ring (bicyclic) bond motifs is 1. The van der Waals surface area contributed by atoms with E-state index < -0.39 is 0 Å². The molecule has 3 rings (SSSR count). The van der Waals surface area contributed by atoms with Crippen molar-refractivity contribution in [2.75, 3.05) is 11.9 Å². The molecule has 2 heterocycles. The van der Waals surface area contributed by atoms with Crippen molar-refractivity contribution >= 4 is 27.4 Å². The molecule has 0 aliphatic heterocycles. The van der Waals surface area contributed by atoms with Gasteiger partial charge in [-0.25, -0.2) is 0 Å². The Morgan fingerprint density at radius 1 is 1.32 bits per heavy atom. The number of hydrogen-bond acceptors (Lipinski definition) is 5. The van der Waals surface area contributed by atoms with E-state index in [-0.39, 0.29) is 0 Å².